The van der Waals surface area contributed by atoms with Crippen LogP contribution in [0.15, 0.2) is 48.5 Å². The van der Waals surface area contributed by atoms with E-state index in [0.717, 1.165) is 55.5 Å². The number of amides is 2. The molecule has 9 nitrogen and oxygen atoms in total. The van der Waals surface area contributed by atoms with Crippen LogP contribution in [0.1, 0.15) is 12.0 Å². The van der Waals surface area contributed by atoms with Crippen LogP contribution in [0.3, 0.4) is 0 Å². The number of H-pyrrole nitrogens is 1. The van der Waals surface area contributed by atoms with Crippen molar-refractivity contribution in [3.63, 3.8) is 0 Å². The predicted molar refractivity (Wildman–Crippen MR) is 144 cm³/mol. The van der Waals surface area contributed by atoms with Gasteiger partial charge in [0.1, 0.15) is 18.5 Å². The molecule has 3 saturated heterocycles. The number of nitrogens with one attached hydrogen (secondary N) is 1. The molecule has 200 valence electrons. The van der Waals surface area contributed by atoms with Crippen LogP contribution >= 0.6 is 11.8 Å². The number of ether oxygens (including phenoxy) is 1. The van der Waals surface area contributed by atoms with E-state index in [1.54, 1.807) is 22.7 Å². The molecule has 2 unspecified atom stereocenters. The van der Waals surface area contributed by atoms with E-state index in [2.05, 4.69) is 19.8 Å². The number of carbonyl (C=O) groups is 2. The number of piperazine rings is 1. The largest absolute Gasteiger partial charge is 0.445 e. The Kier molecular flexibility index (Phi) is 7.12. The number of nitrogens with zero attached hydrogens (tertiary/aromatic N) is 5. The number of rotatable bonds is 5. The lowest BCUT2D eigenvalue weighted by atomic mass is 10.1. The summed E-state index contributed by atoms with van der Waals surface area (Å²) in [6, 6.07) is 13.7. The van der Waals surface area contributed by atoms with Gasteiger partial charge in [0, 0.05) is 51.1 Å². The summed E-state index contributed by atoms with van der Waals surface area (Å²) in [5.74, 6) is 2.07. The number of hydrogen-bond acceptors (Lipinski definition) is 7. The summed E-state index contributed by atoms with van der Waals surface area (Å²) in [7, 11) is 0. The minimum absolute atomic E-state index is 0.0160. The second-order valence-corrected chi connectivity index (χ2v) is 11.1. The highest BCUT2D eigenvalue weighted by atomic mass is 32.2. The summed E-state index contributed by atoms with van der Waals surface area (Å²) in [5.41, 5.74) is 2.34. The summed E-state index contributed by atoms with van der Waals surface area (Å²) in [5, 5.41) is 0. The van der Waals surface area contributed by atoms with E-state index in [0.29, 0.717) is 24.4 Å². The van der Waals surface area contributed by atoms with Gasteiger partial charge in [-0.05, 0) is 30.2 Å². The Morgan fingerprint density at radius 3 is 2.66 bits per heavy atom. The zero-order valence-corrected chi connectivity index (χ0v) is 21.9. The molecule has 3 aliphatic heterocycles. The Hall–Kier alpha value is -3.31. The second kappa shape index (κ2) is 10.8. The fourth-order valence-corrected chi connectivity index (χ4v) is 6.49. The maximum Gasteiger partial charge on any atom is 0.410 e. The van der Waals surface area contributed by atoms with Gasteiger partial charge in [-0.2, -0.15) is 0 Å². The van der Waals surface area contributed by atoms with Crippen LogP contribution in [0.2, 0.25) is 0 Å². The smallest absolute Gasteiger partial charge is 0.410 e. The van der Waals surface area contributed by atoms with Gasteiger partial charge in [-0.1, -0.05) is 30.3 Å². The molecule has 0 saturated carbocycles. The van der Waals surface area contributed by atoms with Gasteiger partial charge in [-0.25, -0.2) is 14.2 Å². The summed E-state index contributed by atoms with van der Waals surface area (Å²) < 4.78 is 19.2. The van der Waals surface area contributed by atoms with E-state index < -0.39 is 12.1 Å². The number of imidazole rings is 1. The maximum absolute atomic E-state index is 13.6. The van der Waals surface area contributed by atoms with E-state index >= 15 is 0 Å². The number of aromatic nitrogens is 2. The van der Waals surface area contributed by atoms with Crippen molar-refractivity contribution in [2.45, 2.75) is 25.1 Å². The van der Waals surface area contributed by atoms with Gasteiger partial charge in [-0.3, -0.25) is 14.6 Å². The molecule has 38 heavy (non-hydrogen) atoms. The van der Waals surface area contributed by atoms with Gasteiger partial charge in [0.2, 0.25) is 11.9 Å². The lowest BCUT2D eigenvalue weighted by Gasteiger charge is -2.37. The Morgan fingerprint density at radius 1 is 1.08 bits per heavy atom. The summed E-state index contributed by atoms with van der Waals surface area (Å²) in [6.07, 6.45) is 0.166. The van der Waals surface area contributed by atoms with Crippen molar-refractivity contribution < 1.29 is 18.7 Å². The SMILES string of the molecule is O=C(C1CC(N2CCN(c3nc4ccc(F)cc4[nH]3)CC2)CN1C(=O)OCc1ccccc1)N1CCSC1. The van der Waals surface area contributed by atoms with Crippen LogP contribution in [0.4, 0.5) is 15.1 Å². The molecule has 6 rings (SSSR count). The van der Waals surface area contributed by atoms with E-state index in [1.165, 1.54) is 12.1 Å². The Morgan fingerprint density at radius 2 is 1.89 bits per heavy atom. The molecule has 2 atom stereocenters. The van der Waals surface area contributed by atoms with Gasteiger partial charge in [-0.15, -0.1) is 11.8 Å². The van der Waals surface area contributed by atoms with Crippen LogP contribution in [0.25, 0.3) is 11.0 Å². The standard InChI is InChI=1S/C27H31FN6O3S/c28-20-6-7-22-23(14-20)30-26(29-22)32-10-8-31(9-11-32)21-15-24(25(35)33-12-13-38-18-33)34(16-21)27(36)37-17-19-4-2-1-3-5-19/h1-7,14,21,24H,8-13,15-18H2,(H,29,30). The molecule has 0 aliphatic carbocycles. The van der Waals surface area contributed by atoms with E-state index in [1.807, 2.05) is 35.2 Å². The second-order valence-electron chi connectivity index (χ2n) is 9.98. The highest BCUT2D eigenvalue weighted by Crippen LogP contribution is 2.28. The molecule has 0 bridgehead atoms. The topological polar surface area (TPSA) is 85.0 Å². The minimum atomic E-state index is -0.509. The molecule has 0 radical (unpaired) electrons. The third kappa shape index (κ3) is 5.17. The number of likely N-dealkylation sites (tertiary alicyclic amines) is 1. The van der Waals surface area contributed by atoms with E-state index in [4.69, 9.17) is 4.74 Å². The average Bonchev–Trinajstić information content (AvgIpc) is 3.72. The Balaban J connectivity index is 1.11. The number of benzene rings is 2. The van der Waals surface area contributed by atoms with Gasteiger partial charge < -0.3 is 19.5 Å². The fourth-order valence-electron chi connectivity index (χ4n) is 5.53. The Bertz CT molecular complexity index is 1290. The van der Waals surface area contributed by atoms with Crippen molar-refractivity contribution in [3.8, 4) is 0 Å². The quantitative estimate of drug-likeness (QED) is 0.534. The maximum atomic E-state index is 13.6. The normalized spacial score (nSPS) is 22.4. The van der Waals surface area contributed by atoms with Gasteiger partial charge in [0.25, 0.3) is 0 Å². The molecular weight excluding hydrogens is 507 g/mol. The fraction of sp³-hybridized carbons (Fsp3) is 0.444. The Labute approximate surface area is 224 Å². The van der Waals surface area contributed by atoms with E-state index in [9.17, 15) is 14.0 Å². The number of thioether (sulfide) groups is 1. The molecule has 1 N–H and O–H groups in total. The first-order valence-corrected chi connectivity index (χ1v) is 14.2. The first-order valence-electron chi connectivity index (χ1n) is 13.0. The first kappa shape index (κ1) is 25.0. The van der Waals surface area contributed by atoms with Gasteiger partial charge >= 0.3 is 6.09 Å². The van der Waals surface area contributed by atoms with Gasteiger partial charge in [0.15, 0.2) is 0 Å². The van der Waals surface area contributed by atoms with Crippen molar-refractivity contribution in [2.24, 2.45) is 0 Å². The molecule has 3 aliphatic rings. The highest BCUT2D eigenvalue weighted by molar-refractivity contribution is 7.99. The summed E-state index contributed by atoms with van der Waals surface area (Å²) in [6.45, 7) is 4.43. The molecule has 1 aromatic heterocycles. The number of fused-ring (bicyclic) bond motifs is 1. The molecule has 2 amide bonds. The van der Waals surface area contributed by atoms with E-state index in [-0.39, 0.29) is 24.4 Å². The lowest BCUT2D eigenvalue weighted by Crippen LogP contribution is -2.51. The van der Waals surface area contributed by atoms with Crippen LogP contribution in [-0.4, -0.2) is 99.6 Å². The zero-order chi connectivity index (χ0) is 26.1. The number of carbonyl (C=O) groups excluding carboxylic acids is 2. The van der Waals surface area contributed by atoms with Crippen LogP contribution < -0.4 is 4.90 Å². The van der Waals surface area contributed by atoms with Crippen molar-refractivity contribution >= 4 is 40.7 Å². The minimum Gasteiger partial charge on any atom is -0.445 e. The third-order valence-corrected chi connectivity index (χ3v) is 8.60. The zero-order valence-electron chi connectivity index (χ0n) is 21.1. The van der Waals surface area contributed by atoms with Crippen molar-refractivity contribution in [1.29, 1.82) is 0 Å². The lowest BCUT2D eigenvalue weighted by molar-refractivity contribution is -0.134. The number of hydrogen-bond donors (Lipinski definition) is 1. The summed E-state index contributed by atoms with van der Waals surface area (Å²) >= 11 is 1.74. The van der Waals surface area contributed by atoms with Crippen molar-refractivity contribution in [3.05, 3.63) is 59.9 Å². The van der Waals surface area contributed by atoms with Crippen LogP contribution in [0.5, 0.6) is 0 Å². The molecule has 2 aromatic carbocycles. The highest BCUT2D eigenvalue weighted by Gasteiger charge is 2.45. The monoisotopic (exact) mass is 538 g/mol. The third-order valence-electron chi connectivity index (χ3n) is 7.63. The number of aromatic amines is 1. The number of halogens is 1. The van der Waals surface area contributed by atoms with Gasteiger partial charge in [0.05, 0.1) is 16.9 Å². The molecule has 3 fully saturated rings. The molecular formula is C27H31FN6O3S. The first-order chi connectivity index (χ1) is 18.5. The molecule has 0 spiro atoms. The number of anilines is 1. The predicted octanol–water partition coefficient (Wildman–Crippen LogP) is 3.14. The van der Waals surface area contributed by atoms with Crippen LogP contribution in [0, 0.1) is 5.82 Å². The molecule has 3 aromatic rings. The molecule has 4 heterocycles. The molecule has 11 heteroatoms. The average molecular weight is 539 g/mol. The summed E-state index contributed by atoms with van der Waals surface area (Å²) in [4.78, 5) is 42.5. The van der Waals surface area contributed by atoms with Crippen molar-refractivity contribution in [1.82, 2.24) is 24.7 Å². The van der Waals surface area contributed by atoms with Crippen molar-refractivity contribution in [2.75, 3.05) is 55.8 Å². The van der Waals surface area contributed by atoms with Crippen LogP contribution in [-0.2, 0) is 16.1 Å².